The van der Waals surface area contributed by atoms with Crippen LogP contribution in [0.15, 0.2) is 48.5 Å². The van der Waals surface area contributed by atoms with Crippen LogP contribution in [0.5, 0.6) is 11.5 Å². The lowest BCUT2D eigenvalue weighted by Gasteiger charge is -2.38. The SMILES string of the molecule is COc1ccc(C(=O)N2CCN(C(=O)C3CCN(C(=O)CCc4ccccc4)CC3)CC2)cc1OC. The summed E-state index contributed by atoms with van der Waals surface area (Å²) in [5, 5.41) is 0. The van der Waals surface area contributed by atoms with Gasteiger partial charge < -0.3 is 24.2 Å². The maximum Gasteiger partial charge on any atom is 0.254 e. The second kappa shape index (κ2) is 11.9. The lowest BCUT2D eigenvalue weighted by atomic mass is 9.94. The van der Waals surface area contributed by atoms with Crippen molar-refractivity contribution in [1.82, 2.24) is 14.7 Å². The fourth-order valence-corrected chi connectivity index (χ4v) is 4.97. The Morgan fingerprint density at radius 3 is 2.06 bits per heavy atom. The van der Waals surface area contributed by atoms with Gasteiger partial charge in [0.15, 0.2) is 11.5 Å². The van der Waals surface area contributed by atoms with E-state index in [9.17, 15) is 14.4 Å². The Balaban J connectivity index is 1.22. The van der Waals surface area contributed by atoms with E-state index in [0.717, 1.165) is 6.42 Å². The molecule has 0 aliphatic carbocycles. The van der Waals surface area contributed by atoms with Crippen molar-refractivity contribution in [2.45, 2.75) is 25.7 Å². The molecule has 0 unspecified atom stereocenters. The molecule has 0 bridgehead atoms. The zero-order valence-electron chi connectivity index (χ0n) is 21.2. The number of carbonyl (C=O) groups is 3. The van der Waals surface area contributed by atoms with Gasteiger partial charge in [-0.1, -0.05) is 30.3 Å². The quantitative estimate of drug-likeness (QED) is 0.593. The second-order valence-corrected chi connectivity index (χ2v) is 9.33. The largest absolute Gasteiger partial charge is 0.493 e. The van der Waals surface area contributed by atoms with Gasteiger partial charge in [0.25, 0.3) is 5.91 Å². The van der Waals surface area contributed by atoms with E-state index in [-0.39, 0.29) is 23.6 Å². The molecule has 2 fully saturated rings. The number of likely N-dealkylation sites (tertiary alicyclic amines) is 1. The van der Waals surface area contributed by atoms with Gasteiger partial charge in [0.1, 0.15) is 0 Å². The number of aryl methyl sites for hydroxylation is 1. The fourth-order valence-electron chi connectivity index (χ4n) is 4.97. The van der Waals surface area contributed by atoms with Crippen molar-refractivity contribution in [3.05, 3.63) is 59.7 Å². The monoisotopic (exact) mass is 493 g/mol. The smallest absolute Gasteiger partial charge is 0.254 e. The molecule has 2 aliphatic rings. The minimum atomic E-state index is -0.0784. The number of hydrogen-bond donors (Lipinski definition) is 0. The summed E-state index contributed by atoms with van der Waals surface area (Å²) in [5.41, 5.74) is 1.70. The third-order valence-electron chi connectivity index (χ3n) is 7.18. The minimum absolute atomic E-state index is 0.0590. The van der Waals surface area contributed by atoms with E-state index >= 15 is 0 Å². The molecule has 8 heteroatoms. The van der Waals surface area contributed by atoms with Crippen molar-refractivity contribution in [2.75, 3.05) is 53.5 Å². The number of methoxy groups -OCH3 is 2. The summed E-state index contributed by atoms with van der Waals surface area (Å²) in [6.07, 6.45) is 2.63. The average Bonchev–Trinajstić information content (AvgIpc) is 2.95. The Labute approximate surface area is 212 Å². The third kappa shape index (κ3) is 5.98. The molecule has 4 rings (SSSR count). The topological polar surface area (TPSA) is 79.4 Å². The highest BCUT2D eigenvalue weighted by Crippen LogP contribution is 2.28. The first-order valence-electron chi connectivity index (χ1n) is 12.6. The Kier molecular flexibility index (Phi) is 8.46. The maximum absolute atomic E-state index is 13.1. The predicted molar refractivity (Wildman–Crippen MR) is 136 cm³/mol. The van der Waals surface area contributed by atoms with Crippen molar-refractivity contribution in [3.63, 3.8) is 0 Å². The second-order valence-electron chi connectivity index (χ2n) is 9.33. The van der Waals surface area contributed by atoms with Crippen LogP contribution in [0.2, 0.25) is 0 Å². The summed E-state index contributed by atoms with van der Waals surface area (Å²) in [6.45, 7) is 3.29. The molecular formula is C28H35N3O5. The molecule has 8 nitrogen and oxygen atoms in total. The number of carbonyl (C=O) groups excluding carboxylic acids is 3. The Morgan fingerprint density at radius 2 is 1.42 bits per heavy atom. The third-order valence-corrected chi connectivity index (χ3v) is 7.18. The van der Waals surface area contributed by atoms with Gasteiger partial charge in [-0.25, -0.2) is 0 Å². The number of piperidine rings is 1. The number of rotatable bonds is 7. The van der Waals surface area contributed by atoms with Gasteiger partial charge in [-0.05, 0) is 43.0 Å². The molecule has 0 N–H and O–H groups in total. The molecule has 0 radical (unpaired) electrons. The first kappa shape index (κ1) is 25.5. The molecule has 192 valence electrons. The molecule has 2 aromatic rings. The Morgan fingerprint density at radius 1 is 0.778 bits per heavy atom. The Hall–Kier alpha value is -3.55. The van der Waals surface area contributed by atoms with Gasteiger partial charge in [-0.15, -0.1) is 0 Å². The highest BCUT2D eigenvalue weighted by Gasteiger charge is 2.32. The molecule has 0 spiro atoms. The molecule has 0 aromatic heterocycles. The molecular weight excluding hydrogens is 458 g/mol. The minimum Gasteiger partial charge on any atom is -0.493 e. The zero-order valence-corrected chi connectivity index (χ0v) is 21.2. The van der Waals surface area contributed by atoms with Crippen molar-refractivity contribution in [2.24, 2.45) is 5.92 Å². The summed E-state index contributed by atoms with van der Waals surface area (Å²) in [7, 11) is 3.10. The van der Waals surface area contributed by atoms with Crippen LogP contribution in [-0.4, -0.2) is 85.9 Å². The molecule has 36 heavy (non-hydrogen) atoms. The number of amides is 3. The van der Waals surface area contributed by atoms with Crippen molar-refractivity contribution in [3.8, 4) is 11.5 Å². The summed E-state index contributed by atoms with van der Waals surface area (Å²) in [5.74, 6) is 1.26. The van der Waals surface area contributed by atoms with E-state index in [1.807, 2.05) is 40.1 Å². The van der Waals surface area contributed by atoms with Gasteiger partial charge in [0.2, 0.25) is 11.8 Å². The maximum atomic E-state index is 13.1. The van der Waals surface area contributed by atoms with Gasteiger partial charge in [-0.2, -0.15) is 0 Å². The average molecular weight is 494 g/mol. The number of nitrogens with zero attached hydrogens (tertiary/aromatic N) is 3. The van der Waals surface area contributed by atoms with Gasteiger partial charge in [0.05, 0.1) is 14.2 Å². The van der Waals surface area contributed by atoms with Crippen LogP contribution in [0.1, 0.15) is 35.2 Å². The van der Waals surface area contributed by atoms with Gasteiger partial charge in [-0.3, -0.25) is 14.4 Å². The molecule has 0 atom stereocenters. The molecule has 2 heterocycles. The predicted octanol–water partition coefficient (Wildman–Crippen LogP) is 2.86. The van der Waals surface area contributed by atoms with E-state index in [0.29, 0.717) is 75.6 Å². The van der Waals surface area contributed by atoms with Crippen molar-refractivity contribution >= 4 is 17.7 Å². The zero-order chi connectivity index (χ0) is 25.5. The van der Waals surface area contributed by atoms with Crippen molar-refractivity contribution < 1.29 is 23.9 Å². The van der Waals surface area contributed by atoms with Gasteiger partial charge >= 0.3 is 0 Å². The van der Waals surface area contributed by atoms with E-state index in [1.54, 1.807) is 37.3 Å². The molecule has 0 saturated carbocycles. The highest BCUT2D eigenvalue weighted by molar-refractivity contribution is 5.95. The van der Waals surface area contributed by atoms with Crippen LogP contribution in [0.3, 0.4) is 0 Å². The van der Waals surface area contributed by atoms with Crippen LogP contribution in [0, 0.1) is 5.92 Å². The number of benzene rings is 2. The van der Waals surface area contributed by atoms with E-state index in [1.165, 1.54) is 5.56 Å². The summed E-state index contributed by atoms with van der Waals surface area (Å²) in [4.78, 5) is 44.3. The van der Waals surface area contributed by atoms with Crippen LogP contribution < -0.4 is 9.47 Å². The van der Waals surface area contributed by atoms with E-state index in [2.05, 4.69) is 0 Å². The normalized spacial score (nSPS) is 16.6. The summed E-state index contributed by atoms with van der Waals surface area (Å²) >= 11 is 0. The van der Waals surface area contributed by atoms with Crippen LogP contribution in [-0.2, 0) is 16.0 Å². The molecule has 3 amide bonds. The lowest BCUT2D eigenvalue weighted by Crippen LogP contribution is -2.53. The lowest BCUT2D eigenvalue weighted by molar-refractivity contribution is -0.141. The van der Waals surface area contributed by atoms with Crippen molar-refractivity contribution in [1.29, 1.82) is 0 Å². The molecule has 2 aliphatic heterocycles. The number of ether oxygens (including phenoxy) is 2. The van der Waals surface area contributed by atoms with Crippen LogP contribution >= 0.6 is 0 Å². The van der Waals surface area contributed by atoms with Gasteiger partial charge in [0, 0.05) is 57.2 Å². The Bertz CT molecular complexity index is 1060. The number of piperazine rings is 1. The van der Waals surface area contributed by atoms with Crippen LogP contribution in [0.4, 0.5) is 0 Å². The van der Waals surface area contributed by atoms with E-state index < -0.39 is 0 Å². The summed E-state index contributed by atoms with van der Waals surface area (Å²) in [6, 6.07) is 15.2. The standard InChI is InChI=1S/C28H35N3O5/c1-35-24-10-9-23(20-25(24)36-2)28(34)31-18-16-30(17-19-31)27(33)22-12-14-29(15-13-22)26(32)11-8-21-6-4-3-5-7-21/h3-7,9-10,20,22H,8,11-19H2,1-2H3. The first-order valence-corrected chi connectivity index (χ1v) is 12.6. The van der Waals surface area contributed by atoms with Crippen LogP contribution in [0.25, 0.3) is 0 Å². The summed E-state index contributed by atoms with van der Waals surface area (Å²) < 4.78 is 10.6. The highest BCUT2D eigenvalue weighted by atomic mass is 16.5. The molecule has 2 aromatic carbocycles. The number of hydrogen-bond acceptors (Lipinski definition) is 5. The first-order chi connectivity index (χ1) is 17.5. The molecule has 2 saturated heterocycles. The van der Waals surface area contributed by atoms with E-state index in [4.69, 9.17) is 9.47 Å². The fraction of sp³-hybridized carbons (Fsp3) is 0.464.